The molecule has 0 bridgehead atoms. The standard InChI is InChI=1S/C18H18ClF3N2O/c1-12(13-5-3-2-4-6-13)23-10-9-17(25)24-14-7-8-16(19)15(11-14)18(20,21)22/h2-8,11-12,23H,9-10H2,1H3,(H,24,25). The van der Waals surface area contributed by atoms with Crippen molar-refractivity contribution in [2.45, 2.75) is 25.6 Å². The Bertz CT molecular complexity index is 720. The van der Waals surface area contributed by atoms with Crippen molar-refractivity contribution < 1.29 is 18.0 Å². The molecular formula is C18H18ClF3N2O. The number of amides is 1. The van der Waals surface area contributed by atoms with Crippen LogP contribution in [0.25, 0.3) is 0 Å². The summed E-state index contributed by atoms with van der Waals surface area (Å²) in [6.45, 7) is 2.38. The third-order valence-electron chi connectivity index (χ3n) is 3.66. The van der Waals surface area contributed by atoms with Crippen LogP contribution in [-0.4, -0.2) is 12.5 Å². The topological polar surface area (TPSA) is 41.1 Å². The van der Waals surface area contributed by atoms with Gasteiger partial charge < -0.3 is 10.6 Å². The third-order valence-corrected chi connectivity index (χ3v) is 3.99. The Morgan fingerprint density at radius 2 is 1.84 bits per heavy atom. The average Bonchev–Trinajstić information content (AvgIpc) is 2.56. The molecule has 0 aliphatic heterocycles. The fourth-order valence-corrected chi connectivity index (χ4v) is 2.53. The van der Waals surface area contributed by atoms with Crippen molar-refractivity contribution in [1.82, 2.24) is 5.32 Å². The summed E-state index contributed by atoms with van der Waals surface area (Å²) in [5.41, 5.74) is 0.191. The Hall–Kier alpha value is -2.05. The summed E-state index contributed by atoms with van der Waals surface area (Å²) in [6.07, 6.45) is -4.42. The highest BCUT2D eigenvalue weighted by molar-refractivity contribution is 6.31. The molecule has 2 aromatic rings. The van der Waals surface area contributed by atoms with Gasteiger partial charge in [-0.15, -0.1) is 0 Å². The quantitative estimate of drug-likeness (QED) is 0.748. The lowest BCUT2D eigenvalue weighted by Gasteiger charge is -2.14. The van der Waals surface area contributed by atoms with Gasteiger partial charge in [-0.3, -0.25) is 4.79 Å². The molecule has 0 radical (unpaired) electrons. The first-order valence-corrected chi connectivity index (χ1v) is 8.10. The number of hydrogen-bond acceptors (Lipinski definition) is 2. The predicted molar refractivity (Wildman–Crippen MR) is 92.6 cm³/mol. The Labute approximate surface area is 149 Å². The van der Waals surface area contributed by atoms with Crippen LogP contribution in [0, 0.1) is 0 Å². The molecule has 25 heavy (non-hydrogen) atoms. The van der Waals surface area contributed by atoms with Crippen molar-refractivity contribution >= 4 is 23.2 Å². The molecule has 0 saturated carbocycles. The van der Waals surface area contributed by atoms with Crippen LogP contribution in [0.2, 0.25) is 5.02 Å². The van der Waals surface area contributed by atoms with Crippen LogP contribution < -0.4 is 10.6 Å². The molecule has 2 N–H and O–H groups in total. The summed E-state index contributed by atoms with van der Waals surface area (Å²) >= 11 is 5.55. The van der Waals surface area contributed by atoms with Crippen LogP contribution in [-0.2, 0) is 11.0 Å². The normalized spacial score (nSPS) is 12.7. The van der Waals surface area contributed by atoms with E-state index < -0.39 is 16.8 Å². The van der Waals surface area contributed by atoms with E-state index in [0.717, 1.165) is 17.7 Å². The zero-order chi connectivity index (χ0) is 18.4. The maximum absolute atomic E-state index is 12.8. The zero-order valence-electron chi connectivity index (χ0n) is 13.5. The summed E-state index contributed by atoms with van der Waals surface area (Å²) in [5, 5.41) is 5.26. The van der Waals surface area contributed by atoms with Crippen molar-refractivity contribution in [2.24, 2.45) is 0 Å². The number of hydrogen-bond donors (Lipinski definition) is 2. The molecule has 0 aliphatic carbocycles. The molecule has 134 valence electrons. The number of benzene rings is 2. The molecule has 0 heterocycles. The predicted octanol–water partition coefficient (Wildman–Crippen LogP) is 5.04. The van der Waals surface area contributed by atoms with Gasteiger partial charge in [0.1, 0.15) is 0 Å². The van der Waals surface area contributed by atoms with Gasteiger partial charge in [0.05, 0.1) is 10.6 Å². The lowest BCUT2D eigenvalue weighted by molar-refractivity contribution is -0.137. The monoisotopic (exact) mass is 370 g/mol. The first-order chi connectivity index (χ1) is 11.8. The molecular weight excluding hydrogens is 353 g/mol. The van der Waals surface area contributed by atoms with E-state index in [1.165, 1.54) is 6.07 Å². The minimum absolute atomic E-state index is 0.0674. The molecule has 7 heteroatoms. The highest BCUT2D eigenvalue weighted by atomic mass is 35.5. The Morgan fingerprint density at radius 1 is 1.16 bits per heavy atom. The van der Waals surface area contributed by atoms with Gasteiger partial charge in [0.2, 0.25) is 5.91 Å². The molecule has 3 nitrogen and oxygen atoms in total. The van der Waals surface area contributed by atoms with Crippen LogP contribution in [0.15, 0.2) is 48.5 Å². The number of anilines is 1. The number of rotatable bonds is 6. The van der Waals surface area contributed by atoms with Crippen molar-refractivity contribution in [2.75, 3.05) is 11.9 Å². The number of nitrogens with one attached hydrogen (secondary N) is 2. The highest BCUT2D eigenvalue weighted by Crippen LogP contribution is 2.36. The third kappa shape index (κ3) is 5.76. The first-order valence-electron chi connectivity index (χ1n) is 7.72. The lowest BCUT2D eigenvalue weighted by atomic mass is 10.1. The van der Waals surface area contributed by atoms with Crippen molar-refractivity contribution in [3.05, 3.63) is 64.7 Å². The van der Waals surface area contributed by atoms with Gasteiger partial charge in [0.15, 0.2) is 0 Å². The van der Waals surface area contributed by atoms with Crippen LogP contribution in [0.4, 0.5) is 18.9 Å². The van der Waals surface area contributed by atoms with E-state index in [9.17, 15) is 18.0 Å². The van der Waals surface area contributed by atoms with Gasteiger partial charge in [-0.1, -0.05) is 41.9 Å². The maximum Gasteiger partial charge on any atom is 0.417 e. The van der Waals surface area contributed by atoms with E-state index in [0.29, 0.717) is 6.54 Å². The number of halogens is 4. The molecule has 0 aromatic heterocycles. The largest absolute Gasteiger partial charge is 0.417 e. The molecule has 0 spiro atoms. The van der Waals surface area contributed by atoms with Gasteiger partial charge in [-0.25, -0.2) is 0 Å². The van der Waals surface area contributed by atoms with Gasteiger partial charge >= 0.3 is 6.18 Å². The maximum atomic E-state index is 12.8. The molecule has 1 unspecified atom stereocenters. The second-order valence-electron chi connectivity index (χ2n) is 5.58. The molecule has 0 saturated heterocycles. The second kappa shape index (κ2) is 8.36. The molecule has 0 fully saturated rings. The van der Waals surface area contributed by atoms with Gasteiger partial charge in [-0.2, -0.15) is 13.2 Å². The first kappa shape index (κ1) is 19.3. The Balaban J connectivity index is 1.86. The van der Waals surface area contributed by atoms with E-state index in [1.54, 1.807) is 0 Å². The van der Waals surface area contributed by atoms with Crippen LogP contribution in [0.5, 0.6) is 0 Å². The minimum atomic E-state index is -4.56. The van der Waals surface area contributed by atoms with Crippen LogP contribution >= 0.6 is 11.6 Å². The number of carbonyl (C=O) groups is 1. The minimum Gasteiger partial charge on any atom is -0.326 e. The van der Waals surface area contributed by atoms with E-state index >= 15 is 0 Å². The SMILES string of the molecule is CC(NCCC(=O)Nc1ccc(Cl)c(C(F)(F)F)c1)c1ccccc1. The molecule has 2 rings (SSSR count). The smallest absolute Gasteiger partial charge is 0.326 e. The van der Waals surface area contributed by atoms with E-state index in [1.807, 2.05) is 37.3 Å². The summed E-state index contributed by atoms with van der Waals surface area (Å²) in [7, 11) is 0. The van der Waals surface area contributed by atoms with Crippen molar-refractivity contribution in [1.29, 1.82) is 0 Å². The number of carbonyl (C=O) groups excluding carboxylic acids is 1. The zero-order valence-corrected chi connectivity index (χ0v) is 14.3. The Kier molecular flexibility index (Phi) is 6.45. The van der Waals surface area contributed by atoms with Crippen molar-refractivity contribution in [3.63, 3.8) is 0 Å². The van der Waals surface area contributed by atoms with Crippen molar-refractivity contribution in [3.8, 4) is 0 Å². The van der Waals surface area contributed by atoms with E-state index in [-0.39, 0.29) is 24.1 Å². The Morgan fingerprint density at radius 3 is 2.48 bits per heavy atom. The molecule has 1 atom stereocenters. The fraction of sp³-hybridized carbons (Fsp3) is 0.278. The molecule has 1 amide bonds. The second-order valence-corrected chi connectivity index (χ2v) is 5.98. The highest BCUT2D eigenvalue weighted by Gasteiger charge is 2.33. The molecule has 0 aliphatic rings. The lowest BCUT2D eigenvalue weighted by Crippen LogP contribution is -2.24. The summed E-state index contributed by atoms with van der Waals surface area (Å²) in [4.78, 5) is 11.9. The summed E-state index contributed by atoms with van der Waals surface area (Å²) < 4.78 is 38.4. The number of alkyl halides is 3. The van der Waals surface area contributed by atoms with Crippen LogP contribution in [0.3, 0.4) is 0 Å². The van der Waals surface area contributed by atoms with Gasteiger partial charge in [0.25, 0.3) is 0 Å². The van der Waals surface area contributed by atoms with E-state index in [2.05, 4.69) is 10.6 Å². The average molecular weight is 371 g/mol. The van der Waals surface area contributed by atoms with Gasteiger partial charge in [-0.05, 0) is 30.7 Å². The fourth-order valence-electron chi connectivity index (χ4n) is 2.31. The summed E-state index contributed by atoms with van der Waals surface area (Å²) in [5.74, 6) is -0.372. The van der Waals surface area contributed by atoms with E-state index in [4.69, 9.17) is 11.6 Å². The van der Waals surface area contributed by atoms with Crippen LogP contribution in [0.1, 0.15) is 30.5 Å². The summed E-state index contributed by atoms with van der Waals surface area (Å²) in [6, 6.07) is 13.1. The van der Waals surface area contributed by atoms with Gasteiger partial charge in [0, 0.05) is 24.7 Å². The molecule has 2 aromatic carbocycles.